The van der Waals surface area contributed by atoms with Gasteiger partial charge in [0.05, 0.1) is 0 Å². The molecule has 0 spiro atoms. The van der Waals surface area contributed by atoms with Gasteiger partial charge in [0, 0.05) is 21.6 Å². The SMILES string of the molecule is CC(Cc1cccs1)NS(=O)(=O)c1cc(Br)cnc1Cl. The van der Waals surface area contributed by atoms with E-state index in [4.69, 9.17) is 11.6 Å². The summed E-state index contributed by atoms with van der Waals surface area (Å²) < 4.78 is 27.8. The lowest BCUT2D eigenvalue weighted by molar-refractivity contribution is 0.560. The first kappa shape index (κ1) is 15.9. The lowest BCUT2D eigenvalue weighted by Gasteiger charge is -2.14. The average molecular weight is 396 g/mol. The minimum atomic E-state index is -3.69. The maximum atomic E-state index is 12.3. The minimum absolute atomic E-state index is 0.0217. The summed E-state index contributed by atoms with van der Waals surface area (Å²) in [5, 5.41) is 1.93. The molecule has 0 aliphatic rings. The van der Waals surface area contributed by atoms with E-state index < -0.39 is 10.0 Å². The Labute approximate surface area is 135 Å². The summed E-state index contributed by atoms with van der Waals surface area (Å²) in [5.74, 6) is 0. The molecule has 0 saturated heterocycles. The maximum Gasteiger partial charge on any atom is 0.243 e. The molecule has 0 radical (unpaired) electrons. The minimum Gasteiger partial charge on any atom is -0.242 e. The van der Waals surface area contributed by atoms with E-state index in [0.717, 1.165) is 4.88 Å². The van der Waals surface area contributed by atoms with Crippen molar-refractivity contribution >= 4 is 48.9 Å². The monoisotopic (exact) mass is 394 g/mol. The van der Waals surface area contributed by atoms with E-state index in [9.17, 15) is 8.42 Å². The van der Waals surface area contributed by atoms with Crippen molar-refractivity contribution in [3.05, 3.63) is 44.3 Å². The Morgan fingerprint density at radius 2 is 2.30 bits per heavy atom. The van der Waals surface area contributed by atoms with Gasteiger partial charge in [-0.05, 0) is 46.8 Å². The smallest absolute Gasteiger partial charge is 0.242 e. The molecule has 0 aliphatic carbocycles. The van der Waals surface area contributed by atoms with Crippen LogP contribution in [0.5, 0.6) is 0 Å². The summed E-state index contributed by atoms with van der Waals surface area (Å²) in [7, 11) is -3.69. The number of pyridine rings is 1. The number of aromatic nitrogens is 1. The number of nitrogens with zero attached hydrogens (tertiary/aromatic N) is 1. The Bertz CT molecular complexity index is 689. The van der Waals surface area contributed by atoms with Gasteiger partial charge in [-0.25, -0.2) is 18.1 Å². The number of rotatable bonds is 5. The van der Waals surface area contributed by atoms with E-state index in [1.165, 1.54) is 12.3 Å². The Kier molecular flexibility index (Phi) is 5.19. The highest BCUT2D eigenvalue weighted by atomic mass is 79.9. The van der Waals surface area contributed by atoms with Crippen LogP contribution in [0.1, 0.15) is 11.8 Å². The van der Waals surface area contributed by atoms with Gasteiger partial charge in [-0.2, -0.15) is 0 Å². The number of sulfonamides is 1. The molecule has 0 aliphatic heterocycles. The molecule has 1 N–H and O–H groups in total. The van der Waals surface area contributed by atoms with Gasteiger partial charge in [0.1, 0.15) is 10.0 Å². The molecule has 8 heteroatoms. The van der Waals surface area contributed by atoms with Gasteiger partial charge in [-0.15, -0.1) is 11.3 Å². The number of hydrogen-bond donors (Lipinski definition) is 1. The number of halogens is 2. The van der Waals surface area contributed by atoms with Crippen LogP contribution in [0.2, 0.25) is 5.15 Å². The van der Waals surface area contributed by atoms with Crippen molar-refractivity contribution in [1.29, 1.82) is 0 Å². The summed E-state index contributed by atoms with van der Waals surface area (Å²) in [6.07, 6.45) is 2.09. The lowest BCUT2D eigenvalue weighted by atomic mass is 10.2. The molecule has 20 heavy (non-hydrogen) atoms. The van der Waals surface area contributed by atoms with E-state index in [1.54, 1.807) is 11.3 Å². The normalized spacial score (nSPS) is 13.3. The zero-order valence-electron chi connectivity index (χ0n) is 10.5. The van der Waals surface area contributed by atoms with Gasteiger partial charge in [0.15, 0.2) is 0 Å². The van der Waals surface area contributed by atoms with Gasteiger partial charge in [-0.1, -0.05) is 17.7 Å². The second kappa shape index (κ2) is 6.53. The van der Waals surface area contributed by atoms with Crippen LogP contribution in [0.25, 0.3) is 0 Å². The molecule has 2 rings (SSSR count). The Hall–Kier alpha value is -0.470. The largest absolute Gasteiger partial charge is 0.243 e. The summed E-state index contributed by atoms with van der Waals surface area (Å²) >= 11 is 10.6. The van der Waals surface area contributed by atoms with Crippen molar-refractivity contribution in [3.8, 4) is 0 Å². The summed E-state index contributed by atoms with van der Waals surface area (Å²) in [5.41, 5.74) is 0. The summed E-state index contributed by atoms with van der Waals surface area (Å²) in [6.45, 7) is 1.82. The van der Waals surface area contributed by atoms with Crippen LogP contribution in [0.4, 0.5) is 0 Å². The van der Waals surface area contributed by atoms with Gasteiger partial charge >= 0.3 is 0 Å². The molecule has 0 saturated carbocycles. The van der Waals surface area contributed by atoms with Crippen molar-refractivity contribution in [2.24, 2.45) is 0 Å². The average Bonchev–Trinajstić information content (AvgIpc) is 2.84. The first-order valence-electron chi connectivity index (χ1n) is 5.74. The molecule has 108 valence electrons. The predicted molar refractivity (Wildman–Crippen MR) is 84.8 cm³/mol. The molecule has 1 atom stereocenters. The van der Waals surface area contributed by atoms with Crippen LogP contribution in [-0.2, 0) is 16.4 Å². The van der Waals surface area contributed by atoms with Crippen LogP contribution in [0, 0.1) is 0 Å². The molecule has 0 aromatic carbocycles. The predicted octanol–water partition coefficient (Wildman–Crippen LogP) is 3.47. The molecule has 2 aromatic heterocycles. The van der Waals surface area contributed by atoms with Crippen LogP contribution in [0.3, 0.4) is 0 Å². The zero-order chi connectivity index (χ0) is 14.8. The van der Waals surface area contributed by atoms with Crippen molar-refractivity contribution < 1.29 is 8.42 Å². The van der Waals surface area contributed by atoms with Crippen LogP contribution in [-0.4, -0.2) is 19.4 Å². The Balaban J connectivity index is 2.16. The van der Waals surface area contributed by atoms with E-state index in [2.05, 4.69) is 25.6 Å². The fourth-order valence-corrected chi connectivity index (χ4v) is 4.72. The van der Waals surface area contributed by atoms with Gasteiger partial charge in [0.25, 0.3) is 0 Å². The highest BCUT2D eigenvalue weighted by molar-refractivity contribution is 9.10. The Morgan fingerprint density at radius 3 is 2.95 bits per heavy atom. The molecule has 0 amide bonds. The molecule has 4 nitrogen and oxygen atoms in total. The van der Waals surface area contributed by atoms with Gasteiger partial charge < -0.3 is 0 Å². The quantitative estimate of drug-likeness (QED) is 0.789. The third kappa shape index (κ3) is 4.02. The topological polar surface area (TPSA) is 59.1 Å². The third-order valence-corrected chi connectivity index (χ3v) is 5.86. The van der Waals surface area contributed by atoms with Crippen LogP contribution in [0.15, 0.2) is 39.1 Å². The first-order valence-corrected chi connectivity index (χ1v) is 9.27. The van der Waals surface area contributed by atoms with Crippen molar-refractivity contribution in [1.82, 2.24) is 9.71 Å². The highest BCUT2D eigenvalue weighted by Gasteiger charge is 2.22. The number of hydrogen-bond acceptors (Lipinski definition) is 4. The van der Waals surface area contributed by atoms with Crippen molar-refractivity contribution in [2.45, 2.75) is 24.3 Å². The second-order valence-corrected chi connectivity index (χ2v) is 8.24. The van der Waals surface area contributed by atoms with Gasteiger partial charge in [0.2, 0.25) is 10.0 Å². The lowest BCUT2D eigenvalue weighted by Crippen LogP contribution is -2.34. The molecular formula is C12H12BrClN2O2S2. The van der Waals surface area contributed by atoms with Crippen LogP contribution < -0.4 is 4.72 Å². The molecule has 2 heterocycles. The van der Waals surface area contributed by atoms with Gasteiger partial charge in [-0.3, -0.25) is 0 Å². The van der Waals surface area contributed by atoms with Crippen molar-refractivity contribution in [3.63, 3.8) is 0 Å². The Morgan fingerprint density at radius 1 is 1.55 bits per heavy atom. The maximum absolute atomic E-state index is 12.3. The van der Waals surface area contributed by atoms with E-state index >= 15 is 0 Å². The van der Waals surface area contributed by atoms with Crippen LogP contribution >= 0.6 is 38.9 Å². The second-order valence-electron chi connectivity index (χ2n) is 4.25. The standard InChI is InChI=1S/C12H12BrClN2O2S2/c1-8(5-10-3-2-4-19-10)16-20(17,18)11-6-9(13)7-15-12(11)14/h2-4,6-8,16H,5H2,1H3. The summed E-state index contributed by atoms with van der Waals surface area (Å²) in [6, 6.07) is 5.13. The fraction of sp³-hybridized carbons (Fsp3) is 0.250. The molecule has 0 fully saturated rings. The molecule has 1 unspecified atom stereocenters. The fourth-order valence-electron chi connectivity index (χ4n) is 1.69. The highest BCUT2D eigenvalue weighted by Crippen LogP contribution is 2.23. The van der Waals surface area contributed by atoms with E-state index in [0.29, 0.717) is 10.9 Å². The summed E-state index contributed by atoms with van der Waals surface area (Å²) in [4.78, 5) is 4.93. The van der Waals surface area contributed by atoms with E-state index in [-0.39, 0.29) is 16.1 Å². The third-order valence-electron chi connectivity index (χ3n) is 2.51. The number of thiophene rings is 1. The zero-order valence-corrected chi connectivity index (χ0v) is 14.5. The number of nitrogens with one attached hydrogen (secondary N) is 1. The molecule has 0 bridgehead atoms. The first-order chi connectivity index (χ1) is 9.38. The molecular weight excluding hydrogens is 384 g/mol. The molecule has 2 aromatic rings. The van der Waals surface area contributed by atoms with Crippen molar-refractivity contribution in [2.75, 3.05) is 0 Å². The van der Waals surface area contributed by atoms with E-state index in [1.807, 2.05) is 24.4 Å².